The van der Waals surface area contributed by atoms with Gasteiger partial charge in [-0.1, -0.05) is 85.1 Å². The van der Waals surface area contributed by atoms with Gasteiger partial charge in [-0.05, 0) is 43.0 Å². The van der Waals surface area contributed by atoms with Crippen molar-refractivity contribution in [1.82, 2.24) is 14.5 Å². The van der Waals surface area contributed by atoms with E-state index in [1.54, 1.807) is 12.1 Å². The Morgan fingerprint density at radius 1 is 0.925 bits per heavy atom. The lowest BCUT2D eigenvalue weighted by Crippen LogP contribution is -2.54. The maximum absolute atomic E-state index is 14.0. The van der Waals surface area contributed by atoms with E-state index in [4.69, 9.17) is 0 Å². The van der Waals surface area contributed by atoms with Crippen LogP contribution in [0.5, 0.6) is 0 Å². The Bertz CT molecular complexity index is 1500. The first-order chi connectivity index (χ1) is 19.2. The van der Waals surface area contributed by atoms with Gasteiger partial charge in [-0.2, -0.15) is 0 Å². The fraction of sp³-hybridized carbons (Fsp3) is 0.323. The number of rotatable bonds is 9. The smallest absolute Gasteiger partial charge is 0.269 e. The number of fused-ring (bicyclic) bond motifs is 1. The highest BCUT2D eigenvalue weighted by molar-refractivity contribution is 7.90. The largest absolute Gasteiger partial charge is 0.352 e. The molecular weight excluding hydrogens is 526 g/mol. The molecule has 0 radical (unpaired) electrons. The van der Waals surface area contributed by atoms with E-state index in [0.29, 0.717) is 4.31 Å². The normalized spacial score (nSPS) is 16.9. The number of amides is 3. The summed E-state index contributed by atoms with van der Waals surface area (Å²) in [6.45, 7) is 1.36. The van der Waals surface area contributed by atoms with Crippen molar-refractivity contribution in [2.75, 3.05) is 6.54 Å². The van der Waals surface area contributed by atoms with Gasteiger partial charge in [-0.3, -0.25) is 14.4 Å². The molecule has 1 aliphatic carbocycles. The molecule has 0 unspecified atom stereocenters. The molecule has 5 rings (SSSR count). The van der Waals surface area contributed by atoms with E-state index < -0.39 is 34.4 Å². The summed E-state index contributed by atoms with van der Waals surface area (Å²) in [4.78, 5) is 42.2. The van der Waals surface area contributed by atoms with Gasteiger partial charge in [0.1, 0.15) is 17.5 Å². The quantitative estimate of drug-likeness (QED) is 0.429. The monoisotopic (exact) mass is 559 g/mol. The predicted octanol–water partition coefficient (Wildman–Crippen LogP) is 3.84. The maximum Gasteiger partial charge on any atom is 0.269 e. The highest BCUT2D eigenvalue weighted by atomic mass is 32.2. The highest BCUT2D eigenvalue weighted by Crippen LogP contribution is 2.30. The van der Waals surface area contributed by atoms with E-state index in [-0.39, 0.29) is 35.4 Å². The summed E-state index contributed by atoms with van der Waals surface area (Å²) in [5.41, 5.74) is 2.76. The topological polar surface area (TPSA) is 104 Å². The van der Waals surface area contributed by atoms with E-state index >= 15 is 0 Å². The Labute approximate surface area is 235 Å². The van der Waals surface area contributed by atoms with E-state index in [1.807, 2.05) is 61.5 Å². The van der Waals surface area contributed by atoms with Crippen molar-refractivity contribution >= 4 is 27.7 Å². The molecule has 2 aliphatic rings. The van der Waals surface area contributed by atoms with Gasteiger partial charge in [0, 0.05) is 19.0 Å². The zero-order chi connectivity index (χ0) is 28.3. The number of nitrogens with one attached hydrogen (secondary N) is 1. The van der Waals surface area contributed by atoms with E-state index in [0.717, 1.165) is 42.4 Å². The molecule has 3 aromatic carbocycles. The Kier molecular flexibility index (Phi) is 8.02. The van der Waals surface area contributed by atoms with Crippen LogP contribution in [0.1, 0.15) is 52.7 Å². The van der Waals surface area contributed by atoms with Crippen molar-refractivity contribution in [3.05, 3.63) is 101 Å². The molecule has 0 bridgehead atoms. The van der Waals surface area contributed by atoms with Crippen LogP contribution in [0, 0.1) is 6.92 Å². The Morgan fingerprint density at radius 3 is 2.25 bits per heavy atom. The average molecular weight is 560 g/mol. The molecule has 40 heavy (non-hydrogen) atoms. The van der Waals surface area contributed by atoms with Gasteiger partial charge in [-0.15, -0.1) is 0 Å². The van der Waals surface area contributed by atoms with Crippen LogP contribution in [0.15, 0.2) is 83.8 Å². The first kappa shape index (κ1) is 27.6. The van der Waals surface area contributed by atoms with Crippen molar-refractivity contribution in [3.63, 3.8) is 0 Å². The summed E-state index contributed by atoms with van der Waals surface area (Å²) in [5.74, 6) is -1.64. The molecule has 3 amide bonds. The van der Waals surface area contributed by atoms with Gasteiger partial charge < -0.3 is 10.2 Å². The maximum atomic E-state index is 14.0. The number of carbonyl (C=O) groups excluding carboxylic acids is 3. The van der Waals surface area contributed by atoms with Crippen LogP contribution in [-0.2, 0) is 32.6 Å². The minimum absolute atomic E-state index is 0.0390. The van der Waals surface area contributed by atoms with Crippen LogP contribution in [0.25, 0.3) is 0 Å². The fourth-order valence-electron chi connectivity index (χ4n) is 5.41. The lowest BCUT2D eigenvalue weighted by Gasteiger charge is -2.33. The van der Waals surface area contributed by atoms with Gasteiger partial charge in [0.2, 0.25) is 11.8 Å². The molecule has 1 saturated carbocycles. The van der Waals surface area contributed by atoms with Gasteiger partial charge in [0.25, 0.3) is 15.9 Å². The number of sulfonamides is 1. The third-order valence-corrected chi connectivity index (χ3v) is 9.42. The lowest BCUT2D eigenvalue weighted by atomic mass is 10.0. The Morgan fingerprint density at radius 2 is 1.57 bits per heavy atom. The summed E-state index contributed by atoms with van der Waals surface area (Å²) in [7, 11) is -4.19. The standard InChI is InChI=1S/C31H33N3O5S/c1-22-15-17-24(18-16-22)20-33(29(35)21-34-31(37)26-13-7-8-14-28(26)40(34,38)39)27(19-23-9-3-2-4-10-23)30(36)32-25-11-5-6-12-25/h2-4,7-10,13-18,25,27H,5-6,11-12,19-21H2,1H3,(H,32,36)/t27-/m1/s1. The zero-order valence-corrected chi connectivity index (χ0v) is 23.3. The molecule has 208 valence electrons. The van der Waals surface area contributed by atoms with Crippen molar-refractivity contribution in [1.29, 1.82) is 0 Å². The first-order valence-corrected chi connectivity index (χ1v) is 15.0. The van der Waals surface area contributed by atoms with Crippen LogP contribution < -0.4 is 5.32 Å². The molecule has 0 spiro atoms. The second kappa shape index (κ2) is 11.6. The molecule has 1 heterocycles. The van der Waals surface area contributed by atoms with E-state index in [1.165, 1.54) is 17.0 Å². The Balaban J connectivity index is 1.49. The van der Waals surface area contributed by atoms with Crippen LogP contribution in [0.3, 0.4) is 0 Å². The lowest BCUT2D eigenvalue weighted by molar-refractivity contribution is -0.141. The van der Waals surface area contributed by atoms with Crippen LogP contribution in [0.2, 0.25) is 0 Å². The fourth-order valence-corrected chi connectivity index (χ4v) is 6.93. The molecule has 8 nitrogen and oxygen atoms in total. The predicted molar refractivity (Wildman–Crippen MR) is 151 cm³/mol. The number of aryl methyl sites for hydroxylation is 1. The molecule has 1 aliphatic heterocycles. The van der Waals surface area contributed by atoms with Gasteiger partial charge in [0.05, 0.1) is 5.56 Å². The van der Waals surface area contributed by atoms with Crippen molar-refractivity contribution in [2.24, 2.45) is 0 Å². The molecule has 0 aromatic heterocycles. The minimum atomic E-state index is -4.19. The summed E-state index contributed by atoms with van der Waals surface area (Å²) >= 11 is 0. The van der Waals surface area contributed by atoms with E-state index in [2.05, 4.69) is 5.32 Å². The van der Waals surface area contributed by atoms with Crippen molar-refractivity contribution in [2.45, 2.75) is 62.6 Å². The molecule has 1 N–H and O–H groups in total. The third-order valence-electron chi connectivity index (χ3n) is 7.64. The number of benzene rings is 3. The Hall–Kier alpha value is -3.98. The third kappa shape index (κ3) is 5.79. The first-order valence-electron chi connectivity index (χ1n) is 13.6. The summed E-state index contributed by atoms with van der Waals surface area (Å²) in [6, 6.07) is 22.1. The van der Waals surface area contributed by atoms with Crippen LogP contribution >= 0.6 is 0 Å². The molecule has 0 saturated heterocycles. The van der Waals surface area contributed by atoms with Crippen LogP contribution in [-0.4, -0.2) is 54.0 Å². The highest BCUT2D eigenvalue weighted by Gasteiger charge is 2.43. The van der Waals surface area contributed by atoms with E-state index in [9.17, 15) is 22.8 Å². The summed E-state index contributed by atoms with van der Waals surface area (Å²) < 4.78 is 27.1. The molecule has 3 aromatic rings. The van der Waals surface area contributed by atoms with Gasteiger partial charge in [0.15, 0.2) is 0 Å². The average Bonchev–Trinajstić information content (AvgIpc) is 3.53. The number of nitrogens with zero attached hydrogens (tertiary/aromatic N) is 2. The molecular formula is C31H33N3O5S. The van der Waals surface area contributed by atoms with Crippen molar-refractivity contribution < 1.29 is 22.8 Å². The molecule has 9 heteroatoms. The second-order valence-corrected chi connectivity index (χ2v) is 12.3. The number of hydrogen-bond donors (Lipinski definition) is 1. The van der Waals surface area contributed by atoms with Gasteiger partial charge in [-0.25, -0.2) is 12.7 Å². The number of hydrogen-bond acceptors (Lipinski definition) is 5. The molecule has 1 fully saturated rings. The van der Waals surface area contributed by atoms with Crippen molar-refractivity contribution in [3.8, 4) is 0 Å². The second-order valence-electron chi connectivity index (χ2n) is 10.5. The summed E-state index contributed by atoms with van der Waals surface area (Å²) in [5, 5.41) is 3.13. The minimum Gasteiger partial charge on any atom is -0.352 e. The van der Waals surface area contributed by atoms with Crippen LogP contribution in [0.4, 0.5) is 0 Å². The molecule has 1 atom stereocenters. The number of carbonyl (C=O) groups is 3. The summed E-state index contributed by atoms with van der Waals surface area (Å²) in [6.07, 6.45) is 4.09. The zero-order valence-electron chi connectivity index (χ0n) is 22.5. The SMILES string of the molecule is Cc1ccc(CN(C(=O)CN2C(=O)c3ccccc3S2(=O)=O)[C@H](Cc2ccccc2)C(=O)NC2CCCC2)cc1. The van der Waals surface area contributed by atoms with Gasteiger partial charge >= 0.3 is 0 Å².